The molecular weight excluding hydrogens is 256 g/mol. The lowest BCUT2D eigenvalue weighted by Crippen LogP contribution is -2.06. The Hall–Kier alpha value is -0.490. The first-order valence-corrected chi connectivity index (χ1v) is 6.21. The lowest BCUT2D eigenvalue weighted by molar-refractivity contribution is 0.593. The van der Waals surface area contributed by atoms with E-state index in [0.717, 1.165) is 0 Å². The first-order chi connectivity index (χ1) is 6.06. The number of halogens is 1. The molecule has 0 N–H and O–H groups in total. The summed E-state index contributed by atoms with van der Waals surface area (Å²) in [6.07, 6.45) is 3.21. The van der Waals surface area contributed by atoms with Crippen molar-refractivity contribution < 1.29 is 8.42 Å². The maximum atomic E-state index is 11.4. The summed E-state index contributed by atoms with van der Waals surface area (Å²) in [5.41, 5.74) is 0. The average Bonchev–Trinajstić information content (AvgIpc) is 2.05. The Morgan fingerprint density at radius 3 is 2.38 bits per heavy atom. The first kappa shape index (κ1) is 10.6. The molecule has 0 aliphatic heterocycles. The molecule has 1 aromatic heterocycles. The van der Waals surface area contributed by atoms with E-state index in [-0.39, 0.29) is 10.6 Å². The molecule has 0 saturated carbocycles. The second-order valence-electron chi connectivity index (χ2n) is 2.51. The molecule has 0 aromatic carbocycles. The van der Waals surface area contributed by atoms with Gasteiger partial charge in [0.25, 0.3) is 0 Å². The van der Waals surface area contributed by atoms with Crippen LogP contribution in [0.1, 0.15) is 13.3 Å². The number of nitrogens with zero attached hydrogens (tertiary/aromatic N) is 2. The van der Waals surface area contributed by atoms with Crippen LogP contribution in [0, 0.1) is 0 Å². The van der Waals surface area contributed by atoms with Crippen LogP contribution in [0.3, 0.4) is 0 Å². The zero-order valence-electron chi connectivity index (χ0n) is 7.07. The zero-order chi connectivity index (χ0) is 9.90. The third-order valence-electron chi connectivity index (χ3n) is 1.43. The second-order valence-corrected chi connectivity index (χ2v) is 5.33. The average molecular weight is 265 g/mol. The highest BCUT2D eigenvalue weighted by atomic mass is 79.9. The zero-order valence-corrected chi connectivity index (χ0v) is 9.47. The normalized spacial score (nSPS) is 11.5. The molecule has 1 heterocycles. The van der Waals surface area contributed by atoms with Gasteiger partial charge >= 0.3 is 0 Å². The number of hydrogen-bond donors (Lipinski definition) is 0. The summed E-state index contributed by atoms with van der Waals surface area (Å²) >= 11 is 3.03. The topological polar surface area (TPSA) is 59.9 Å². The van der Waals surface area contributed by atoms with Gasteiger partial charge in [0.2, 0.25) is 0 Å². The summed E-state index contributed by atoms with van der Waals surface area (Å²) in [5, 5.41) is 0. The minimum absolute atomic E-state index is 0.137. The van der Waals surface area contributed by atoms with Crippen LogP contribution in [0.4, 0.5) is 0 Å². The molecule has 13 heavy (non-hydrogen) atoms. The van der Waals surface area contributed by atoms with E-state index in [0.29, 0.717) is 11.2 Å². The molecule has 0 saturated heterocycles. The fraction of sp³-hybridized carbons (Fsp3) is 0.429. The van der Waals surface area contributed by atoms with E-state index in [1.54, 1.807) is 0 Å². The molecule has 0 aliphatic rings. The minimum atomic E-state index is -3.17. The molecule has 4 nitrogen and oxygen atoms in total. The van der Waals surface area contributed by atoms with Crippen molar-refractivity contribution >= 4 is 25.8 Å². The van der Waals surface area contributed by atoms with Gasteiger partial charge in [0.1, 0.15) is 4.90 Å². The molecular formula is C7H9BrN2O2S. The van der Waals surface area contributed by atoms with Crippen LogP contribution in [0.15, 0.2) is 22.0 Å². The Morgan fingerprint density at radius 2 is 1.92 bits per heavy atom. The summed E-state index contributed by atoms with van der Waals surface area (Å²) in [4.78, 5) is 7.69. The largest absolute Gasteiger partial charge is 0.229 e. The molecule has 0 atom stereocenters. The standard InChI is InChI=1S/C7H9BrN2O2S/c1-2-3-13(11,12)6-4-9-7(8)10-5-6/h4-5H,2-3H2,1H3. The van der Waals surface area contributed by atoms with Crippen LogP contribution in [-0.2, 0) is 9.84 Å². The number of sulfone groups is 1. The quantitative estimate of drug-likeness (QED) is 0.775. The van der Waals surface area contributed by atoms with Crippen LogP contribution < -0.4 is 0 Å². The SMILES string of the molecule is CCCS(=O)(=O)c1cnc(Br)nc1. The molecule has 0 spiro atoms. The molecule has 1 aromatic rings. The fourth-order valence-electron chi connectivity index (χ4n) is 0.848. The van der Waals surface area contributed by atoms with Gasteiger partial charge in [0.15, 0.2) is 14.6 Å². The van der Waals surface area contributed by atoms with E-state index in [1.807, 2.05) is 6.92 Å². The highest BCUT2D eigenvalue weighted by molar-refractivity contribution is 9.10. The maximum Gasteiger partial charge on any atom is 0.196 e. The Labute approximate surface area is 85.5 Å². The van der Waals surface area contributed by atoms with Crippen molar-refractivity contribution in [1.29, 1.82) is 0 Å². The number of hydrogen-bond acceptors (Lipinski definition) is 4. The summed E-state index contributed by atoms with van der Waals surface area (Å²) in [6.45, 7) is 1.82. The number of rotatable bonds is 3. The van der Waals surface area contributed by atoms with Crippen molar-refractivity contribution in [3.05, 3.63) is 17.1 Å². The third kappa shape index (κ3) is 2.73. The van der Waals surface area contributed by atoms with Crippen LogP contribution >= 0.6 is 15.9 Å². The number of aromatic nitrogens is 2. The Bertz CT molecular complexity index is 374. The van der Waals surface area contributed by atoms with E-state index in [2.05, 4.69) is 25.9 Å². The van der Waals surface area contributed by atoms with Crippen molar-refractivity contribution in [2.45, 2.75) is 18.2 Å². The van der Waals surface area contributed by atoms with E-state index < -0.39 is 9.84 Å². The molecule has 0 amide bonds. The van der Waals surface area contributed by atoms with Gasteiger partial charge in [0.05, 0.1) is 18.1 Å². The van der Waals surface area contributed by atoms with Gasteiger partial charge in [-0.1, -0.05) is 6.92 Å². The van der Waals surface area contributed by atoms with Crippen molar-refractivity contribution in [3.63, 3.8) is 0 Å². The van der Waals surface area contributed by atoms with Gasteiger partial charge in [-0.25, -0.2) is 18.4 Å². The van der Waals surface area contributed by atoms with Gasteiger partial charge in [-0.3, -0.25) is 0 Å². The maximum absolute atomic E-state index is 11.4. The predicted octanol–water partition coefficient (Wildman–Crippen LogP) is 1.42. The van der Waals surface area contributed by atoms with E-state index >= 15 is 0 Å². The Kier molecular flexibility index (Phi) is 3.38. The van der Waals surface area contributed by atoms with Crippen molar-refractivity contribution in [3.8, 4) is 0 Å². The Balaban J connectivity index is 3.02. The fourth-order valence-corrected chi connectivity index (χ4v) is 2.25. The van der Waals surface area contributed by atoms with Gasteiger partial charge in [-0.05, 0) is 22.4 Å². The molecule has 6 heteroatoms. The van der Waals surface area contributed by atoms with E-state index in [4.69, 9.17) is 0 Å². The summed E-state index contributed by atoms with van der Waals surface area (Å²) in [5.74, 6) is 0.137. The van der Waals surface area contributed by atoms with Crippen LogP contribution in [0.5, 0.6) is 0 Å². The van der Waals surface area contributed by atoms with Gasteiger partial charge in [0, 0.05) is 0 Å². The first-order valence-electron chi connectivity index (χ1n) is 3.76. The smallest absolute Gasteiger partial charge is 0.196 e. The highest BCUT2D eigenvalue weighted by Crippen LogP contribution is 2.10. The molecule has 0 unspecified atom stereocenters. The van der Waals surface area contributed by atoms with Crippen LogP contribution in [0.25, 0.3) is 0 Å². The van der Waals surface area contributed by atoms with Gasteiger partial charge in [-0.15, -0.1) is 0 Å². The molecule has 0 aliphatic carbocycles. The van der Waals surface area contributed by atoms with Crippen molar-refractivity contribution in [1.82, 2.24) is 9.97 Å². The van der Waals surface area contributed by atoms with E-state index in [9.17, 15) is 8.42 Å². The monoisotopic (exact) mass is 264 g/mol. The summed E-state index contributed by atoms with van der Waals surface area (Å²) in [6, 6.07) is 0. The lowest BCUT2D eigenvalue weighted by Gasteiger charge is -2.00. The summed E-state index contributed by atoms with van der Waals surface area (Å²) in [7, 11) is -3.17. The van der Waals surface area contributed by atoms with Crippen LogP contribution in [0.2, 0.25) is 0 Å². The molecule has 1 rings (SSSR count). The summed E-state index contributed by atoms with van der Waals surface area (Å²) < 4.78 is 23.3. The molecule has 0 fully saturated rings. The van der Waals surface area contributed by atoms with Crippen molar-refractivity contribution in [2.75, 3.05) is 5.75 Å². The molecule has 72 valence electrons. The molecule has 0 bridgehead atoms. The Morgan fingerprint density at radius 1 is 1.38 bits per heavy atom. The van der Waals surface area contributed by atoms with Gasteiger partial charge < -0.3 is 0 Å². The molecule has 0 radical (unpaired) electrons. The van der Waals surface area contributed by atoms with Crippen molar-refractivity contribution in [2.24, 2.45) is 0 Å². The third-order valence-corrected chi connectivity index (χ3v) is 3.71. The van der Waals surface area contributed by atoms with Gasteiger partial charge in [-0.2, -0.15) is 0 Å². The highest BCUT2D eigenvalue weighted by Gasteiger charge is 2.13. The lowest BCUT2D eigenvalue weighted by atomic mass is 10.6. The van der Waals surface area contributed by atoms with Crippen LogP contribution in [-0.4, -0.2) is 24.1 Å². The second kappa shape index (κ2) is 4.15. The predicted molar refractivity (Wildman–Crippen MR) is 52.1 cm³/mol. The van der Waals surface area contributed by atoms with E-state index in [1.165, 1.54) is 12.4 Å². The minimum Gasteiger partial charge on any atom is -0.229 e.